The number of rotatable bonds is 12. The summed E-state index contributed by atoms with van der Waals surface area (Å²) in [6.45, 7) is 1.77. The summed E-state index contributed by atoms with van der Waals surface area (Å²) < 4.78 is 25.8. The number of unbranched alkanes of at least 4 members (excludes halogenated alkanes) is 1. The van der Waals surface area contributed by atoms with E-state index in [1.165, 1.54) is 12.1 Å². The molecule has 2 aromatic carbocycles. The molecule has 1 N–H and O–H groups in total. The van der Waals surface area contributed by atoms with Crippen LogP contribution in [0.15, 0.2) is 64.4 Å². The predicted octanol–water partition coefficient (Wildman–Crippen LogP) is 5.12. The molecule has 192 valence electrons. The number of nitrogens with zero attached hydrogens (tertiary/aromatic N) is 2. The molecule has 0 radical (unpaired) electrons. The van der Waals surface area contributed by atoms with Gasteiger partial charge in [0.25, 0.3) is 5.09 Å². The van der Waals surface area contributed by atoms with Gasteiger partial charge in [0, 0.05) is 22.5 Å². The van der Waals surface area contributed by atoms with Crippen LogP contribution in [0, 0.1) is 17.0 Å². The number of sulfone groups is 1. The Hall–Kier alpha value is -3.31. The normalized spacial score (nSPS) is 12.3. The number of thioether (sulfide) groups is 1. The molecule has 1 atom stereocenters. The molecule has 1 heterocycles. The van der Waals surface area contributed by atoms with Crippen molar-refractivity contribution in [2.75, 3.05) is 19.1 Å². The minimum absolute atomic E-state index is 0.0843. The van der Waals surface area contributed by atoms with Crippen LogP contribution in [0.4, 0.5) is 0 Å². The summed E-state index contributed by atoms with van der Waals surface area (Å²) in [6.07, 6.45) is 4.22. The van der Waals surface area contributed by atoms with Gasteiger partial charge in [-0.1, -0.05) is 18.6 Å². The van der Waals surface area contributed by atoms with Gasteiger partial charge in [0.1, 0.15) is 0 Å². The molecule has 9 nitrogen and oxygen atoms in total. The van der Waals surface area contributed by atoms with Crippen molar-refractivity contribution in [2.45, 2.75) is 41.9 Å². The quantitative estimate of drug-likeness (QED) is 0.147. The summed E-state index contributed by atoms with van der Waals surface area (Å²) in [6, 6.07) is 16.2. The van der Waals surface area contributed by atoms with Crippen LogP contribution in [-0.2, 0) is 19.5 Å². The Labute approximate surface area is 214 Å². The zero-order valence-electron chi connectivity index (χ0n) is 20.2. The highest BCUT2D eigenvalue weighted by atomic mass is 32.2. The molecule has 0 aliphatic rings. The maximum atomic E-state index is 12.2. The van der Waals surface area contributed by atoms with Crippen LogP contribution >= 0.6 is 11.8 Å². The molecule has 3 rings (SSSR count). The van der Waals surface area contributed by atoms with Crippen molar-refractivity contribution in [3.8, 4) is 16.9 Å². The molecule has 0 saturated carbocycles. The molecule has 3 aromatic rings. The summed E-state index contributed by atoms with van der Waals surface area (Å²) in [5.41, 5.74) is 3.72. The van der Waals surface area contributed by atoms with Crippen molar-refractivity contribution in [2.24, 2.45) is 0 Å². The SMILES string of the molecule is CSc1ccc(-n2c(-c3ccc(S(C)(=O)=O)cc3)cc(C(CCCCO[N+](=O)[O-])C(=O)O)c2C)cc1. The Morgan fingerprint density at radius 3 is 2.31 bits per heavy atom. The molecule has 36 heavy (non-hydrogen) atoms. The zero-order chi connectivity index (χ0) is 26.5. The van der Waals surface area contributed by atoms with Gasteiger partial charge in [-0.3, -0.25) is 4.79 Å². The number of benzene rings is 2. The van der Waals surface area contributed by atoms with Crippen LogP contribution in [0.3, 0.4) is 0 Å². The molecule has 0 amide bonds. The lowest BCUT2D eigenvalue weighted by Gasteiger charge is -2.15. The predicted molar refractivity (Wildman–Crippen MR) is 138 cm³/mol. The van der Waals surface area contributed by atoms with Gasteiger partial charge in [-0.05, 0) is 79.6 Å². The molecule has 0 aliphatic heterocycles. The standard InChI is InChI=1S/C25H28N2O7S2/c1-17-23(22(25(28)29)6-4-5-15-34-27(30)31)16-24(18-7-13-21(14-8-18)36(3,32)33)26(17)19-9-11-20(35-2)12-10-19/h7-14,16,22H,4-6,15H2,1-3H3,(H,28,29). The van der Waals surface area contributed by atoms with Gasteiger partial charge in [-0.2, -0.15) is 0 Å². The summed E-state index contributed by atoms with van der Waals surface area (Å²) in [7, 11) is -3.36. The van der Waals surface area contributed by atoms with E-state index in [0.717, 1.165) is 33.8 Å². The third-order valence-electron chi connectivity index (χ3n) is 5.95. The van der Waals surface area contributed by atoms with Gasteiger partial charge >= 0.3 is 5.97 Å². The first-order valence-corrected chi connectivity index (χ1v) is 14.3. The zero-order valence-corrected chi connectivity index (χ0v) is 21.8. The number of hydrogen-bond acceptors (Lipinski definition) is 7. The lowest BCUT2D eigenvalue weighted by molar-refractivity contribution is -0.757. The van der Waals surface area contributed by atoms with Crippen LogP contribution < -0.4 is 0 Å². The van der Waals surface area contributed by atoms with Crippen molar-refractivity contribution in [3.05, 3.63) is 76.0 Å². The summed E-state index contributed by atoms with van der Waals surface area (Å²) in [5, 5.41) is 19.5. The molecule has 0 aliphatic carbocycles. The molecule has 0 spiro atoms. The highest BCUT2D eigenvalue weighted by Crippen LogP contribution is 2.36. The number of carboxylic acid groups (broad SMARTS) is 1. The van der Waals surface area contributed by atoms with Crippen LogP contribution in [0.25, 0.3) is 16.9 Å². The lowest BCUT2D eigenvalue weighted by atomic mass is 9.93. The Kier molecular flexibility index (Phi) is 8.80. The maximum absolute atomic E-state index is 12.2. The first-order valence-electron chi connectivity index (χ1n) is 11.2. The van der Waals surface area contributed by atoms with Gasteiger partial charge in [-0.25, -0.2) is 8.42 Å². The van der Waals surface area contributed by atoms with E-state index >= 15 is 0 Å². The average Bonchev–Trinajstić information content (AvgIpc) is 3.17. The van der Waals surface area contributed by atoms with Gasteiger partial charge in [0.15, 0.2) is 9.84 Å². The molecule has 0 bridgehead atoms. The topological polar surface area (TPSA) is 129 Å². The first kappa shape index (κ1) is 27.3. The fourth-order valence-electron chi connectivity index (χ4n) is 4.13. The highest BCUT2D eigenvalue weighted by molar-refractivity contribution is 7.98. The third kappa shape index (κ3) is 6.46. The Balaban J connectivity index is 2.05. The molecule has 0 saturated heterocycles. The van der Waals surface area contributed by atoms with Gasteiger partial charge < -0.3 is 14.5 Å². The minimum Gasteiger partial charge on any atom is -0.481 e. The van der Waals surface area contributed by atoms with Crippen molar-refractivity contribution in [1.82, 2.24) is 4.57 Å². The smallest absolute Gasteiger partial charge is 0.311 e. The van der Waals surface area contributed by atoms with E-state index in [2.05, 4.69) is 4.84 Å². The maximum Gasteiger partial charge on any atom is 0.311 e. The Morgan fingerprint density at radius 2 is 1.78 bits per heavy atom. The second-order valence-electron chi connectivity index (χ2n) is 8.34. The van der Waals surface area contributed by atoms with Crippen molar-refractivity contribution in [1.29, 1.82) is 0 Å². The van der Waals surface area contributed by atoms with E-state index < -0.39 is 26.8 Å². The highest BCUT2D eigenvalue weighted by Gasteiger charge is 2.26. The number of carboxylic acids is 1. The second-order valence-corrected chi connectivity index (χ2v) is 11.2. The molecule has 11 heteroatoms. The first-order chi connectivity index (χ1) is 17.0. The Morgan fingerprint density at radius 1 is 1.14 bits per heavy atom. The Bertz CT molecular complexity index is 1330. The fourth-order valence-corrected chi connectivity index (χ4v) is 5.17. The number of aromatic nitrogens is 1. The molecule has 0 fully saturated rings. The number of carbonyl (C=O) groups is 1. The third-order valence-corrected chi connectivity index (χ3v) is 7.82. The molecule has 1 unspecified atom stereocenters. The van der Waals surface area contributed by atoms with E-state index in [1.807, 2.05) is 48.1 Å². The second kappa shape index (κ2) is 11.6. The van der Waals surface area contributed by atoms with E-state index in [4.69, 9.17) is 0 Å². The van der Waals surface area contributed by atoms with Crippen molar-refractivity contribution in [3.63, 3.8) is 0 Å². The van der Waals surface area contributed by atoms with Gasteiger partial charge in [0.2, 0.25) is 0 Å². The fraction of sp³-hybridized carbons (Fsp3) is 0.320. The summed E-state index contributed by atoms with van der Waals surface area (Å²) in [4.78, 5) is 28.2. The summed E-state index contributed by atoms with van der Waals surface area (Å²) in [5.74, 6) is -1.80. The van der Waals surface area contributed by atoms with Crippen molar-refractivity contribution >= 4 is 27.6 Å². The minimum atomic E-state index is -3.36. The molecular formula is C25H28N2O7S2. The van der Waals surface area contributed by atoms with E-state index in [0.29, 0.717) is 24.8 Å². The molecule has 1 aromatic heterocycles. The van der Waals surface area contributed by atoms with E-state index in [1.54, 1.807) is 23.9 Å². The number of hydrogen-bond donors (Lipinski definition) is 1. The average molecular weight is 533 g/mol. The molecular weight excluding hydrogens is 504 g/mol. The monoisotopic (exact) mass is 532 g/mol. The van der Waals surface area contributed by atoms with E-state index in [-0.39, 0.29) is 11.5 Å². The largest absolute Gasteiger partial charge is 0.481 e. The van der Waals surface area contributed by atoms with Crippen molar-refractivity contribution < 1.29 is 28.2 Å². The van der Waals surface area contributed by atoms with Crippen LogP contribution in [0.1, 0.15) is 36.4 Å². The van der Waals surface area contributed by atoms with Gasteiger partial charge in [-0.15, -0.1) is 21.9 Å². The summed E-state index contributed by atoms with van der Waals surface area (Å²) >= 11 is 1.61. The van der Waals surface area contributed by atoms with Gasteiger partial charge in [0.05, 0.1) is 23.1 Å². The van der Waals surface area contributed by atoms with Crippen LogP contribution in [0.5, 0.6) is 0 Å². The van der Waals surface area contributed by atoms with E-state index in [9.17, 15) is 28.4 Å². The number of aliphatic carboxylic acids is 1. The van der Waals surface area contributed by atoms with Crippen LogP contribution in [0.2, 0.25) is 0 Å². The van der Waals surface area contributed by atoms with Crippen LogP contribution in [-0.4, -0.2) is 48.3 Å². The lowest BCUT2D eigenvalue weighted by Crippen LogP contribution is -2.13.